The van der Waals surface area contributed by atoms with Crippen molar-refractivity contribution in [2.24, 2.45) is 0 Å². The molecule has 1 aromatic carbocycles. The lowest BCUT2D eigenvalue weighted by molar-refractivity contribution is 0.0374. The predicted molar refractivity (Wildman–Crippen MR) is 78.6 cm³/mol. The van der Waals surface area contributed by atoms with Gasteiger partial charge in [0.1, 0.15) is 5.82 Å². The van der Waals surface area contributed by atoms with Gasteiger partial charge in [-0.05, 0) is 50.1 Å². The zero-order chi connectivity index (χ0) is 13.9. The number of halogens is 1. The molecule has 4 heteroatoms. The van der Waals surface area contributed by atoms with E-state index in [4.69, 9.17) is 4.74 Å². The monoisotopic (exact) mass is 276 g/mol. The van der Waals surface area contributed by atoms with Gasteiger partial charge >= 0.3 is 0 Å². The zero-order valence-electron chi connectivity index (χ0n) is 11.9. The molecule has 1 saturated heterocycles. The minimum absolute atomic E-state index is 0.167. The number of hydrogen-bond donors (Lipinski definition) is 1. The highest BCUT2D eigenvalue weighted by Crippen LogP contribution is 2.23. The van der Waals surface area contributed by atoms with E-state index in [1.54, 1.807) is 6.07 Å². The van der Waals surface area contributed by atoms with E-state index in [0.717, 1.165) is 56.6 Å². The fourth-order valence-electron chi connectivity index (χ4n) is 2.91. The first-order valence-electron chi connectivity index (χ1n) is 7.31. The molecule has 1 N–H and O–H groups in total. The molecule has 0 spiro atoms. The van der Waals surface area contributed by atoms with Crippen molar-refractivity contribution in [1.82, 2.24) is 9.88 Å². The molecular formula is C16H21FN2O. The van der Waals surface area contributed by atoms with E-state index in [0.29, 0.717) is 0 Å². The molecule has 2 aromatic rings. The van der Waals surface area contributed by atoms with Crippen LogP contribution in [-0.4, -0.2) is 42.7 Å². The van der Waals surface area contributed by atoms with Gasteiger partial charge < -0.3 is 9.72 Å². The molecule has 0 atom stereocenters. The molecule has 0 bridgehead atoms. The average Bonchev–Trinajstić information content (AvgIpc) is 2.77. The molecule has 0 aliphatic carbocycles. The number of benzene rings is 1. The number of rotatable bonds is 4. The lowest BCUT2D eigenvalue weighted by atomic mass is 10.1. The Kier molecular flexibility index (Phi) is 4.03. The summed E-state index contributed by atoms with van der Waals surface area (Å²) >= 11 is 0. The van der Waals surface area contributed by atoms with Crippen molar-refractivity contribution in [2.75, 3.05) is 32.8 Å². The van der Waals surface area contributed by atoms with Crippen molar-refractivity contribution in [3.05, 3.63) is 35.3 Å². The van der Waals surface area contributed by atoms with Crippen LogP contribution < -0.4 is 0 Å². The van der Waals surface area contributed by atoms with Crippen molar-refractivity contribution in [2.45, 2.75) is 19.8 Å². The number of hydrogen-bond acceptors (Lipinski definition) is 2. The number of fused-ring (bicyclic) bond motifs is 1. The number of aryl methyl sites for hydroxylation is 2. The number of aromatic nitrogens is 1. The Morgan fingerprint density at radius 3 is 2.90 bits per heavy atom. The normalized spacial score (nSPS) is 16.9. The van der Waals surface area contributed by atoms with E-state index in [1.807, 2.05) is 6.07 Å². The fourth-order valence-corrected chi connectivity index (χ4v) is 2.91. The third-order valence-electron chi connectivity index (χ3n) is 4.13. The van der Waals surface area contributed by atoms with Crippen LogP contribution in [0, 0.1) is 12.7 Å². The van der Waals surface area contributed by atoms with Crippen LogP contribution in [0.2, 0.25) is 0 Å². The zero-order valence-corrected chi connectivity index (χ0v) is 11.9. The van der Waals surface area contributed by atoms with E-state index in [2.05, 4.69) is 16.8 Å². The first-order chi connectivity index (χ1) is 9.74. The molecule has 1 aliphatic heterocycles. The van der Waals surface area contributed by atoms with Gasteiger partial charge in [-0.3, -0.25) is 4.90 Å². The van der Waals surface area contributed by atoms with Crippen molar-refractivity contribution in [3.8, 4) is 0 Å². The number of morpholine rings is 1. The van der Waals surface area contributed by atoms with Crippen LogP contribution >= 0.6 is 0 Å². The van der Waals surface area contributed by atoms with Gasteiger partial charge in [-0.2, -0.15) is 0 Å². The summed E-state index contributed by atoms with van der Waals surface area (Å²) in [5, 5.41) is 1.01. The number of nitrogens with zero attached hydrogens (tertiary/aromatic N) is 1. The van der Waals surface area contributed by atoms with Crippen LogP contribution in [0.1, 0.15) is 17.7 Å². The Balaban J connectivity index is 1.63. The van der Waals surface area contributed by atoms with Gasteiger partial charge in [0.15, 0.2) is 0 Å². The lowest BCUT2D eigenvalue weighted by Crippen LogP contribution is -2.36. The maximum absolute atomic E-state index is 13.3. The Bertz CT molecular complexity index is 587. The highest BCUT2D eigenvalue weighted by molar-refractivity contribution is 5.84. The molecular weight excluding hydrogens is 255 g/mol. The Hall–Kier alpha value is -1.39. The predicted octanol–water partition coefficient (Wildman–Crippen LogP) is 2.88. The standard InChI is InChI=1S/C16H21FN2O/c1-12-14-11-13(17)4-5-16(14)18-15(12)3-2-6-19-7-9-20-10-8-19/h4-5,11,18H,2-3,6-10H2,1H3. The second kappa shape index (κ2) is 5.94. The second-order valence-electron chi connectivity index (χ2n) is 5.48. The summed E-state index contributed by atoms with van der Waals surface area (Å²) < 4.78 is 18.6. The van der Waals surface area contributed by atoms with E-state index in [1.165, 1.54) is 17.3 Å². The van der Waals surface area contributed by atoms with Gasteiger partial charge in [0.25, 0.3) is 0 Å². The summed E-state index contributed by atoms with van der Waals surface area (Å²) in [6.07, 6.45) is 2.13. The maximum Gasteiger partial charge on any atom is 0.123 e. The van der Waals surface area contributed by atoms with Crippen LogP contribution in [-0.2, 0) is 11.2 Å². The largest absolute Gasteiger partial charge is 0.379 e. The molecule has 1 fully saturated rings. The topological polar surface area (TPSA) is 28.3 Å². The molecule has 1 aliphatic rings. The second-order valence-corrected chi connectivity index (χ2v) is 5.48. The highest BCUT2D eigenvalue weighted by Gasteiger charge is 2.11. The lowest BCUT2D eigenvalue weighted by Gasteiger charge is -2.26. The van der Waals surface area contributed by atoms with Gasteiger partial charge in [0.05, 0.1) is 13.2 Å². The molecule has 2 heterocycles. The number of nitrogens with one attached hydrogen (secondary N) is 1. The Labute approximate surface area is 118 Å². The first-order valence-corrected chi connectivity index (χ1v) is 7.31. The van der Waals surface area contributed by atoms with E-state index >= 15 is 0 Å². The molecule has 3 rings (SSSR count). The van der Waals surface area contributed by atoms with Gasteiger partial charge in [0, 0.05) is 29.7 Å². The van der Waals surface area contributed by atoms with E-state index in [9.17, 15) is 4.39 Å². The van der Waals surface area contributed by atoms with Crippen molar-refractivity contribution in [1.29, 1.82) is 0 Å². The van der Waals surface area contributed by atoms with Crippen molar-refractivity contribution in [3.63, 3.8) is 0 Å². The Morgan fingerprint density at radius 1 is 1.30 bits per heavy atom. The molecule has 1 aromatic heterocycles. The molecule has 0 amide bonds. The Morgan fingerprint density at radius 2 is 2.10 bits per heavy atom. The quantitative estimate of drug-likeness (QED) is 0.930. The highest BCUT2D eigenvalue weighted by atomic mass is 19.1. The van der Waals surface area contributed by atoms with Crippen LogP contribution in [0.5, 0.6) is 0 Å². The van der Waals surface area contributed by atoms with Crippen molar-refractivity contribution >= 4 is 10.9 Å². The van der Waals surface area contributed by atoms with Crippen LogP contribution in [0.15, 0.2) is 18.2 Å². The van der Waals surface area contributed by atoms with Crippen LogP contribution in [0.3, 0.4) is 0 Å². The number of ether oxygens (including phenoxy) is 1. The minimum atomic E-state index is -0.167. The smallest absolute Gasteiger partial charge is 0.123 e. The van der Waals surface area contributed by atoms with Gasteiger partial charge in [-0.25, -0.2) is 4.39 Å². The van der Waals surface area contributed by atoms with Crippen LogP contribution in [0.4, 0.5) is 4.39 Å². The number of H-pyrrole nitrogens is 1. The van der Waals surface area contributed by atoms with Gasteiger partial charge in [-0.1, -0.05) is 0 Å². The SMILES string of the molecule is Cc1c(CCCN2CCOCC2)[nH]c2ccc(F)cc12. The summed E-state index contributed by atoms with van der Waals surface area (Å²) in [5.74, 6) is -0.167. The molecule has 0 unspecified atom stereocenters. The third-order valence-corrected chi connectivity index (χ3v) is 4.13. The van der Waals surface area contributed by atoms with Crippen LogP contribution in [0.25, 0.3) is 10.9 Å². The maximum atomic E-state index is 13.3. The molecule has 0 radical (unpaired) electrons. The first kappa shape index (κ1) is 13.6. The molecule has 3 nitrogen and oxygen atoms in total. The third kappa shape index (κ3) is 2.86. The summed E-state index contributed by atoms with van der Waals surface area (Å²) in [7, 11) is 0. The summed E-state index contributed by atoms with van der Waals surface area (Å²) in [4.78, 5) is 5.86. The van der Waals surface area contributed by atoms with Gasteiger partial charge in [-0.15, -0.1) is 0 Å². The molecule has 108 valence electrons. The summed E-state index contributed by atoms with van der Waals surface area (Å²) in [6, 6.07) is 4.95. The summed E-state index contributed by atoms with van der Waals surface area (Å²) in [5.41, 5.74) is 3.45. The minimum Gasteiger partial charge on any atom is -0.379 e. The molecule has 0 saturated carbocycles. The van der Waals surface area contributed by atoms with E-state index in [-0.39, 0.29) is 5.82 Å². The fraction of sp³-hybridized carbons (Fsp3) is 0.500. The summed E-state index contributed by atoms with van der Waals surface area (Å²) in [6.45, 7) is 6.96. The van der Waals surface area contributed by atoms with Crippen molar-refractivity contribution < 1.29 is 9.13 Å². The molecule has 20 heavy (non-hydrogen) atoms. The van der Waals surface area contributed by atoms with E-state index < -0.39 is 0 Å². The number of aromatic amines is 1. The average molecular weight is 276 g/mol. The van der Waals surface area contributed by atoms with Gasteiger partial charge in [0.2, 0.25) is 0 Å².